The molecule has 0 N–H and O–H groups in total. The summed E-state index contributed by atoms with van der Waals surface area (Å²) in [5, 5.41) is 10.8. The van der Waals surface area contributed by atoms with Crippen LogP contribution in [0.15, 0.2) is 121 Å². The molecule has 54 heavy (non-hydrogen) atoms. The molecule has 0 amide bonds. The third-order valence-corrected chi connectivity index (χ3v) is 9.00. The second-order valence-corrected chi connectivity index (χ2v) is 15.4. The van der Waals surface area contributed by atoms with E-state index >= 15 is 0 Å². The predicted molar refractivity (Wildman–Crippen MR) is 231 cm³/mol. The van der Waals surface area contributed by atoms with Gasteiger partial charge in [-0.25, -0.2) is 0 Å². The minimum Gasteiger partial charge on any atom is -1.00 e. The normalized spacial score (nSPS) is 9.41. The van der Waals surface area contributed by atoms with Gasteiger partial charge in [-0.1, -0.05) is 70.7 Å². The van der Waals surface area contributed by atoms with Crippen LogP contribution in [0.2, 0.25) is 26.2 Å². The van der Waals surface area contributed by atoms with Gasteiger partial charge in [0.2, 0.25) is 0 Å². The van der Waals surface area contributed by atoms with E-state index in [2.05, 4.69) is 203 Å². The number of rotatable bonds is 0. The van der Waals surface area contributed by atoms with Crippen molar-refractivity contribution in [1.29, 1.82) is 0 Å². The number of hydrogen-bond donors (Lipinski definition) is 0. The summed E-state index contributed by atoms with van der Waals surface area (Å²) in [5.41, 5.74) is 11.0. The van der Waals surface area contributed by atoms with Gasteiger partial charge >= 0.3 is 0 Å². The molecule has 0 aliphatic heterocycles. The molecule has 284 valence electrons. The van der Waals surface area contributed by atoms with Gasteiger partial charge in [-0.15, -0.1) is 116 Å². The Morgan fingerprint density at radius 3 is 0.630 bits per heavy atom. The minimum absolute atomic E-state index is 0. The molecular weight excluding hydrogens is 1060 g/mol. The van der Waals surface area contributed by atoms with E-state index in [-0.39, 0.29) is 76.5 Å². The number of benzene rings is 4. The number of aryl methyl sites for hydroxylation is 8. The number of fused-ring (bicyclic) bond motifs is 4. The smallest absolute Gasteiger partial charge is 0.0307 e. The van der Waals surface area contributed by atoms with Crippen molar-refractivity contribution in [3.63, 3.8) is 0 Å². The third-order valence-electron chi connectivity index (χ3n) is 9.00. The maximum atomic E-state index is 2.24. The SMILES string of the molecule is C[Si]C.C[Si]C.Cc1cc2cc[cH-]c2cc1C.Cc1cc2cc[cH-]c2cc1C.Cc1cc2cc[cH-]c2cc1C.Cc1cc2cc[cH-]c2cc1C.[Cl-].[Cl-].[Hf].[Hf]. The van der Waals surface area contributed by atoms with Crippen LogP contribution in [-0.2, 0) is 51.7 Å². The Hall–Kier alpha value is -1.93. The first-order valence-corrected chi connectivity index (χ1v) is 21.6. The first-order chi connectivity index (χ1) is 23.9. The molecule has 4 radical (unpaired) electrons. The second kappa shape index (κ2) is 27.6. The standard InChI is InChI=1S/4C11H11.2C2H6Si.2ClH.2Hf/c4*1-8-6-10-4-3-5-11(10)7-9(8)2;2*1-3-2;;;;/h4*3-7H,1-2H3;2*1-2H3;2*1H;;/q4*-1;;;;;;/p-2. The predicted octanol–water partition coefficient (Wildman–Crippen LogP) is 8.28. The van der Waals surface area contributed by atoms with Crippen LogP contribution in [0.25, 0.3) is 43.1 Å². The van der Waals surface area contributed by atoms with Crippen molar-refractivity contribution in [2.75, 3.05) is 0 Å². The average Bonchev–Trinajstić information content (AvgIpc) is 3.89. The Morgan fingerprint density at radius 1 is 0.315 bits per heavy atom. The zero-order valence-electron chi connectivity index (χ0n) is 34.3. The molecule has 8 rings (SSSR count). The van der Waals surface area contributed by atoms with Gasteiger partial charge < -0.3 is 24.8 Å². The molecule has 0 aliphatic rings. The molecular formula is C48H56Cl2Hf2Si2-6. The fraction of sp³-hybridized carbons (Fsp3) is 0.250. The van der Waals surface area contributed by atoms with Gasteiger partial charge in [-0.2, -0.15) is 48.5 Å². The maximum absolute atomic E-state index is 2.24. The molecule has 0 heterocycles. The molecule has 0 fully saturated rings. The van der Waals surface area contributed by atoms with Crippen LogP contribution in [0.1, 0.15) is 44.5 Å². The van der Waals surface area contributed by atoms with E-state index in [9.17, 15) is 0 Å². The summed E-state index contributed by atoms with van der Waals surface area (Å²) in [6.45, 7) is 25.8. The summed E-state index contributed by atoms with van der Waals surface area (Å²) >= 11 is 0. The van der Waals surface area contributed by atoms with Gasteiger partial charge in [0.25, 0.3) is 0 Å². The van der Waals surface area contributed by atoms with Crippen LogP contribution < -0.4 is 24.8 Å². The molecule has 0 saturated heterocycles. The molecule has 0 spiro atoms. The second-order valence-electron chi connectivity index (χ2n) is 13.4. The van der Waals surface area contributed by atoms with Crippen molar-refractivity contribution < 1.29 is 76.5 Å². The van der Waals surface area contributed by atoms with E-state index in [1.807, 2.05) is 0 Å². The summed E-state index contributed by atoms with van der Waals surface area (Å²) in [4.78, 5) is 0. The molecule has 8 aromatic rings. The fourth-order valence-corrected chi connectivity index (χ4v) is 5.62. The van der Waals surface area contributed by atoms with Gasteiger partial charge in [0.15, 0.2) is 0 Å². The Balaban J connectivity index is 0. The van der Waals surface area contributed by atoms with E-state index in [1.54, 1.807) is 0 Å². The number of hydrogen-bond acceptors (Lipinski definition) is 0. The molecule has 6 heteroatoms. The molecule has 8 aromatic carbocycles. The Bertz CT molecular complexity index is 1760. The van der Waals surface area contributed by atoms with E-state index < -0.39 is 0 Å². The van der Waals surface area contributed by atoms with Crippen LogP contribution in [0.3, 0.4) is 0 Å². The molecule has 0 bridgehead atoms. The number of halogens is 2. The van der Waals surface area contributed by atoms with E-state index in [0.29, 0.717) is 0 Å². The first-order valence-electron chi connectivity index (χ1n) is 17.6. The molecule has 0 aromatic heterocycles. The minimum atomic E-state index is 0. The van der Waals surface area contributed by atoms with Crippen molar-refractivity contribution >= 4 is 62.1 Å². The summed E-state index contributed by atoms with van der Waals surface area (Å²) in [7, 11) is 2.17. The molecule has 0 saturated carbocycles. The molecule has 0 nitrogen and oxygen atoms in total. The first kappa shape index (κ1) is 54.2. The topological polar surface area (TPSA) is 0 Å². The summed E-state index contributed by atoms with van der Waals surface area (Å²) < 4.78 is 0. The third kappa shape index (κ3) is 16.3. The monoisotopic (exact) mass is 1120 g/mol. The maximum Gasteiger partial charge on any atom is 0.0307 e. The molecule has 0 atom stereocenters. The zero-order valence-corrected chi connectivity index (χ0v) is 45.0. The van der Waals surface area contributed by atoms with E-state index in [0.717, 1.165) is 19.0 Å². The van der Waals surface area contributed by atoms with Crippen molar-refractivity contribution in [2.24, 2.45) is 0 Å². The van der Waals surface area contributed by atoms with Gasteiger partial charge in [0.1, 0.15) is 0 Å². The average molecular weight is 1120 g/mol. The van der Waals surface area contributed by atoms with Crippen molar-refractivity contribution in [3.8, 4) is 0 Å². The van der Waals surface area contributed by atoms with Crippen molar-refractivity contribution in [1.82, 2.24) is 0 Å². The van der Waals surface area contributed by atoms with Crippen molar-refractivity contribution in [3.05, 3.63) is 166 Å². The van der Waals surface area contributed by atoms with Crippen LogP contribution in [0, 0.1) is 55.4 Å². The quantitative estimate of drug-likeness (QED) is 0.106. The van der Waals surface area contributed by atoms with Gasteiger partial charge in [-0.05, 0) is 55.4 Å². The van der Waals surface area contributed by atoms with E-state index in [4.69, 9.17) is 0 Å². The van der Waals surface area contributed by atoms with Gasteiger partial charge in [-0.3, -0.25) is 0 Å². The summed E-state index contributed by atoms with van der Waals surface area (Å²) in [6.07, 6.45) is 0. The molecule has 0 unspecified atom stereocenters. The fourth-order valence-electron chi connectivity index (χ4n) is 5.62. The van der Waals surface area contributed by atoms with Crippen LogP contribution in [0.5, 0.6) is 0 Å². The van der Waals surface area contributed by atoms with Crippen LogP contribution in [-0.4, -0.2) is 19.0 Å². The van der Waals surface area contributed by atoms with Gasteiger partial charge in [0.05, 0.1) is 0 Å². The largest absolute Gasteiger partial charge is 1.00 e. The summed E-state index contributed by atoms with van der Waals surface area (Å²) in [6, 6.07) is 43.6. The molecule has 0 aliphatic carbocycles. The summed E-state index contributed by atoms with van der Waals surface area (Å²) in [5.74, 6) is 0. The van der Waals surface area contributed by atoms with Crippen molar-refractivity contribution in [2.45, 2.75) is 81.6 Å². The van der Waals surface area contributed by atoms with E-state index in [1.165, 1.54) is 87.6 Å². The zero-order chi connectivity index (χ0) is 36.8. The Morgan fingerprint density at radius 2 is 0.463 bits per heavy atom. The Kier molecular flexibility index (Phi) is 27.7. The van der Waals surface area contributed by atoms with Crippen LogP contribution >= 0.6 is 0 Å². The van der Waals surface area contributed by atoms with Crippen LogP contribution in [0.4, 0.5) is 0 Å². The van der Waals surface area contributed by atoms with Gasteiger partial charge in [0, 0.05) is 70.7 Å². The Labute approximate surface area is 382 Å².